The van der Waals surface area contributed by atoms with Crippen molar-refractivity contribution in [1.82, 2.24) is 10.3 Å². The molecule has 0 spiro atoms. The molecule has 0 saturated heterocycles. The number of carbonyl (C=O) groups excluding carboxylic acids is 2. The number of H-pyrrole nitrogens is 1. The summed E-state index contributed by atoms with van der Waals surface area (Å²) in [7, 11) is 1.52. The fourth-order valence-electron chi connectivity index (χ4n) is 1.95. The van der Waals surface area contributed by atoms with Crippen LogP contribution in [0, 0.1) is 31.1 Å². The summed E-state index contributed by atoms with van der Waals surface area (Å²) in [4.78, 5) is 27.0. The number of amides is 1. The minimum atomic E-state index is -0.493. The van der Waals surface area contributed by atoms with Crippen LogP contribution in [0.4, 0.5) is 0 Å². The average molecular weight is 307 g/mol. The molecular weight excluding hydrogens is 286 g/mol. The molecule has 0 saturated carbocycles. The van der Waals surface area contributed by atoms with E-state index in [1.54, 1.807) is 20.8 Å². The topological polar surface area (TPSA) is 104 Å². The standard InChI is InChI=1S/C15H21N3O4/c1-9(7-16)8-17-14(19)13-10(2)12(11(3)18-13)15(20)22-6-5-21-4/h9,18H,5-6,8H2,1-4H3,(H,17,19). The van der Waals surface area contributed by atoms with Gasteiger partial charge >= 0.3 is 5.97 Å². The Morgan fingerprint density at radius 1 is 1.36 bits per heavy atom. The quantitative estimate of drug-likeness (QED) is 0.584. The zero-order valence-corrected chi connectivity index (χ0v) is 13.3. The van der Waals surface area contributed by atoms with Crippen molar-refractivity contribution in [3.05, 3.63) is 22.5 Å². The molecule has 0 aliphatic heterocycles. The Morgan fingerprint density at radius 3 is 2.64 bits per heavy atom. The van der Waals surface area contributed by atoms with Crippen LogP contribution in [0.3, 0.4) is 0 Å². The second kappa shape index (κ2) is 8.20. The van der Waals surface area contributed by atoms with Gasteiger partial charge in [-0.2, -0.15) is 5.26 Å². The van der Waals surface area contributed by atoms with E-state index in [1.807, 2.05) is 6.07 Å². The van der Waals surface area contributed by atoms with Gasteiger partial charge < -0.3 is 19.8 Å². The van der Waals surface area contributed by atoms with Crippen molar-refractivity contribution in [1.29, 1.82) is 5.26 Å². The van der Waals surface area contributed by atoms with Gasteiger partial charge in [0.1, 0.15) is 12.3 Å². The van der Waals surface area contributed by atoms with Gasteiger partial charge in [0.2, 0.25) is 0 Å². The molecule has 1 amide bonds. The lowest BCUT2D eigenvalue weighted by Gasteiger charge is -2.06. The van der Waals surface area contributed by atoms with Crippen molar-refractivity contribution < 1.29 is 19.1 Å². The van der Waals surface area contributed by atoms with Crippen LogP contribution >= 0.6 is 0 Å². The number of methoxy groups -OCH3 is 1. The summed E-state index contributed by atoms with van der Waals surface area (Å²) < 4.78 is 9.90. The summed E-state index contributed by atoms with van der Waals surface area (Å²) in [6.07, 6.45) is 0. The molecule has 1 aromatic heterocycles. The number of carbonyl (C=O) groups is 2. The Bertz CT molecular complexity index is 586. The second-order valence-corrected chi connectivity index (χ2v) is 4.99. The minimum Gasteiger partial charge on any atom is -0.460 e. The maximum atomic E-state index is 12.1. The van der Waals surface area contributed by atoms with E-state index in [0.717, 1.165) is 0 Å². The number of aromatic nitrogens is 1. The summed E-state index contributed by atoms with van der Waals surface area (Å²) in [5, 5.41) is 11.4. The van der Waals surface area contributed by atoms with Crippen molar-refractivity contribution in [3.8, 4) is 6.07 Å². The highest BCUT2D eigenvalue weighted by Crippen LogP contribution is 2.19. The van der Waals surface area contributed by atoms with Gasteiger partial charge in [0.15, 0.2) is 0 Å². The van der Waals surface area contributed by atoms with Gasteiger partial charge in [0.05, 0.1) is 24.2 Å². The minimum absolute atomic E-state index is 0.153. The maximum Gasteiger partial charge on any atom is 0.340 e. The SMILES string of the molecule is COCCOC(=O)c1c(C)[nH]c(C(=O)NCC(C)C#N)c1C. The van der Waals surface area contributed by atoms with Crippen molar-refractivity contribution in [2.24, 2.45) is 5.92 Å². The Morgan fingerprint density at radius 2 is 2.05 bits per heavy atom. The molecule has 0 aliphatic rings. The molecule has 7 heteroatoms. The third kappa shape index (κ3) is 4.33. The Labute approximate surface area is 129 Å². The first kappa shape index (κ1) is 17.7. The molecular formula is C15H21N3O4. The summed E-state index contributed by atoms with van der Waals surface area (Å²) in [6, 6.07) is 2.04. The number of ether oxygens (including phenoxy) is 2. The largest absolute Gasteiger partial charge is 0.460 e. The van der Waals surface area contributed by atoms with E-state index in [2.05, 4.69) is 10.3 Å². The van der Waals surface area contributed by atoms with E-state index < -0.39 is 5.97 Å². The van der Waals surface area contributed by atoms with E-state index in [-0.39, 0.29) is 25.0 Å². The van der Waals surface area contributed by atoms with Gasteiger partial charge in [-0.15, -0.1) is 0 Å². The number of hydrogen-bond acceptors (Lipinski definition) is 5. The molecule has 22 heavy (non-hydrogen) atoms. The van der Waals surface area contributed by atoms with E-state index in [0.29, 0.717) is 29.1 Å². The summed E-state index contributed by atoms with van der Waals surface area (Å²) in [5.74, 6) is -1.12. The first-order valence-corrected chi connectivity index (χ1v) is 6.95. The number of nitrogens with one attached hydrogen (secondary N) is 2. The number of nitrogens with zero attached hydrogens (tertiary/aromatic N) is 1. The van der Waals surface area contributed by atoms with Crippen LogP contribution in [-0.4, -0.2) is 43.7 Å². The number of esters is 1. The Hall–Kier alpha value is -2.33. The third-order valence-electron chi connectivity index (χ3n) is 3.18. The number of aryl methyl sites for hydroxylation is 1. The second-order valence-electron chi connectivity index (χ2n) is 4.99. The maximum absolute atomic E-state index is 12.1. The van der Waals surface area contributed by atoms with Crippen LogP contribution in [-0.2, 0) is 9.47 Å². The Balaban J connectivity index is 2.83. The molecule has 7 nitrogen and oxygen atoms in total. The Kier molecular flexibility index (Phi) is 6.60. The zero-order chi connectivity index (χ0) is 16.7. The lowest BCUT2D eigenvalue weighted by atomic mass is 10.1. The first-order valence-electron chi connectivity index (χ1n) is 6.95. The molecule has 0 aromatic carbocycles. The van der Waals surface area contributed by atoms with Gasteiger partial charge in [-0.1, -0.05) is 0 Å². The lowest BCUT2D eigenvalue weighted by molar-refractivity contribution is 0.0387. The van der Waals surface area contributed by atoms with Crippen molar-refractivity contribution in [2.75, 3.05) is 26.9 Å². The number of hydrogen-bond donors (Lipinski definition) is 2. The highest BCUT2D eigenvalue weighted by Gasteiger charge is 2.23. The fraction of sp³-hybridized carbons (Fsp3) is 0.533. The normalized spacial score (nSPS) is 11.6. The summed E-state index contributed by atoms with van der Waals surface area (Å²) in [5.41, 5.74) is 1.76. The van der Waals surface area contributed by atoms with Crippen LogP contribution in [0.15, 0.2) is 0 Å². The van der Waals surface area contributed by atoms with E-state index in [4.69, 9.17) is 14.7 Å². The summed E-state index contributed by atoms with van der Waals surface area (Å²) in [6.45, 7) is 5.81. The van der Waals surface area contributed by atoms with Gasteiger partial charge in [0.25, 0.3) is 5.91 Å². The molecule has 1 atom stereocenters. The molecule has 120 valence electrons. The molecule has 0 radical (unpaired) electrons. The van der Waals surface area contributed by atoms with Gasteiger partial charge in [-0.05, 0) is 26.3 Å². The third-order valence-corrected chi connectivity index (χ3v) is 3.18. The number of rotatable bonds is 7. The highest BCUT2D eigenvalue weighted by molar-refractivity contribution is 6.00. The predicted octanol–water partition coefficient (Wildman–Crippen LogP) is 1.32. The van der Waals surface area contributed by atoms with Crippen LogP contribution in [0.5, 0.6) is 0 Å². The van der Waals surface area contributed by atoms with Crippen LogP contribution in [0.2, 0.25) is 0 Å². The highest BCUT2D eigenvalue weighted by atomic mass is 16.6. The van der Waals surface area contributed by atoms with Crippen molar-refractivity contribution >= 4 is 11.9 Å². The van der Waals surface area contributed by atoms with Crippen molar-refractivity contribution in [2.45, 2.75) is 20.8 Å². The average Bonchev–Trinajstić information content (AvgIpc) is 2.79. The predicted molar refractivity (Wildman–Crippen MR) is 79.5 cm³/mol. The number of aromatic amines is 1. The molecule has 1 heterocycles. The van der Waals surface area contributed by atoms with Gasteiger partial charge in [-0.3, -0.25) is 4.79 Å². The smallest absolute Gasteiger partial charge is 0.340 e. The van der Waals surface area contributed by atoms with Crippen molar-refractivity contribution in [3.63, 3.8) is 0 Å². The lowest BCUT2D eigenvalue weighted by Crippen LogP contribution is -2.28. The fourth-order valence-corrected chi connectivity index (χ4v) is 1.95. The molecule has 0 aliphatic carbocycles. The zero-order valence-electron chi connectivity index (χ0n) is 13.3. The molecule has 0 bridgehead atoms. The van der Waals surface area contributed by atoms with Gasteiger partial charge in [-0.25, -0.2) is 4.79 Å². The van der Waals surface area contributed by atoms with E-state index in [9.17, 15) is 9.59 Å². The number of nitriles is 1. The monoisotopic (exact) mass is 307 g/mol. The van der Waals surface area contributed by atoms with Crippen LogP contribution in [0.1, 0.15) is 39.0 Å². The van der Waals surface area contributed by atoms with Gasteiger partial charge in [0, 0.05) is 19.3 Å². The van der Waals surface area contributed by atoms with Crippen LogP contribution < -0.4 is 5.32 Å². The van der Waals surface area contributed by atoms with E-state index in [1.165, 1.54) is 7.11 Å². The van der Waals surface area contributed by atoms with E-state index >= 15 is 0 Å². The molecule has 1 rings (SSSR count). The first-order chi connectivity index (χ1) is 10.4. The molecule has 0 fully saturated rings. The molecule has 2 N–H and O–H groups in total. The molecule has 1 aromatic rings. The summed E-state index contributed by atoms with van der Waals surface area (Å²) >= 11 is 0. The molecule has 1 unspecified atom stereocenters. The van der Waals surface area contributed by atoms with Crippen LogP contribution in [0.25, 0.3) is 0 Å².